The quantitative estimate of drug-likeness (QED) is 0.291. The fraction of sp³-hybridized carbons (Fsp3) is 0.909. The van der Waals surface area contributed by atoms with E-state index in [0.29, 0.717) is 6.61 Å². The fourth-order valence-corrected chi connectivity index (χ4v) is 1.19. The van der Waals surface area contributed by atoms with Crippen LogP contribution >= 0.6 is 24.0 Å². The van der Waals surface area contributed by atoms with Crippen LogP contribution in [0.5, 0.6) is 0 Å². The summed E-state index contributed by atoms with van der Waals surface area (Å²) in [6, 6.07) is 0. The van der Waals surface area contributed by atoms with Gasteiger partial charge in [-0.05, 0) is 34.0 Å². The van der Waals surface area contributed by atoms with Gasteiger partial charge < -0.3 is 20.3 Å². The zero-order valence-electron chi connectivity index (χ0n) is 11.5. The van der Waals surface area contributed by atoms with Crippen molar-refractivity contribution in [2.75, 3.05) is 54.0 Å². The summed E-state index contributed by atoms with van der Waals surface area (Å²) in [5.74, 6) is 0.873. The van der Waals surface area contributed by atoms with Gasteiger partial charge in [-0.15, -0.1) is 24.0 Å². The fourth-order valence-electron chi connectivity index (χ4n) is 1.19. The minimum absolute atomic E-state index is 0. The molecule has 0 rings (SSSR count). The first kappa shape index (κ1) is 19.3. The maximum absolute atomic E-state index is 4.98. The molecule has 0 fully saturated rings. The second-order valence-electron chi connectivity index (χ2n) is 3.84. The number of halogens is 1. The Kier molecular flexibility index (Phi) is 15.8. The second-order valence-corrected chi connectivity index (χ2v) is 3.84. The maximum Gasteiger partial charge on any atom is 0.191 e. The predicted molar refractivity (Wildman–Crippen MR) is 84.4 cm³/mol. The molecule has 6 heteroatoms. The number of methoxy groups -OCH3 is 1. The van der Waals surface area contributed by atoms with Crippen LogP contribution in [0.15, 0.2) is 4.99 Å². The number of rotatable bonds is 8. The molecule has 0 heterocycles. The molecular weight excluding hydrogens is 331 g/mol. The highest BCUT2D eigenvalue weighted by molar-refractivity contribution is 14.0. The molecule has 0 saturated carbocycles. The van der Waals surface area contributed by atoms with Crippen LogP contribution in [0.3, 0.4) is 0 Å². The average Bonchev–Trinajstić information content (AvgIpc) is 2.24. The first-order chi connectivity index (χ1) is 7.70. The number of nitrogens with zero attached hydrogens (tertiary/aromatic N) is 2. The molecule has 0 aliphatic rings. The van der Waals surface area contributed by atoms with Gasteiger partial charge in [0, 0.05) is 26.7 Å². The van der Waals surface area contributed by atoms with Crippen molar-refractivity contribution in [1.29, 1.82) is 0 Å². The highest BCUT2D eigenvalue weighted by Crippen LogP contribution is 1.84. The van der Waals surface area contributed by atoms with E-state index in [-0.39, 0.29) is 24.0 Å². The summed E-state index contributed by atoms with van der Waals surface area (Å²) in [5, 5.41) is 6.41. The monoisotopic (exact) mass is 358 g/mol. The Balaban J connectivity index is 0. The molecule has 5 nitrogen and oxygen atoms in total. The van der Waals surface area contributed by atoms with E-state index < -0.39 is 0 Å². The molecule has 0 amide bonds. The molecule has 0 saturated heterocycles. The van der Waals surface area contributed by atoms with Gasteiger partial charge in [-0.3, -0.25) is 4.99 Å². The summed E-state index contributed by atoms with van der Waals surface area (Å²) in [5.41, 5.74) is 0. The van der Waals surface area contributed by atoms with Gasteiger partial charge in [0.25, 0.3) is 0 Å². The van der Waals surface area contributed by atoms with Crippen LogP contribution in [0, 0.1) is 0 Å². The Labute approximate surface area is 122 Å². The largest absolute Gasteiger partial charge is 0.383 e. The lowest BCUT2D eigenvalue weighted by Gasteiger charge is -2.11. The van der Waals surface area contributed by atoms with E-state index in [9.17, 15) is 0 Å². The molecule has 0 aromatic rings. The van der Waals surface area contributed by atoms with Gasteiger partial charge in [0.1, 0.15) is 0 Å². The van der Waals surface area contributed by atoms with Gasteiger partial charge in [-0.1, -0.05) is 0 Å². The standard InChI is InChI=1S/C11H26N4O.HI/c1-5-12-11(14-8-10-16-4)13-7-6-9-15(2)3;/h5-10H2,1-4H3,(H2,12,13,14);1H. The number of ether oxygens (including phenoxy) is 1. The van der Waals surface area contributed by atoms with Crippen molar-refractivity contribution in [2.45, 2.75) is 13.3 Å². The van der Waals surface area contributed by atoms with E-state index in [1.165, 1.54) is 0 Å². The summed E-state index contributed by atoms with van der Waals surface area (Å²) < 4.78 is 4.98. The first-order valence-electron chi connectivity index (χ1n) is 5.86. The molecule has 0 aliphatic heterocycles. The Bertz CT molecular complexity index is 188. The van der Waals surface area contributed by atoms with Gasteiger partial charge in [0.15, 0.2) is 5.96 Å². The molecule has 0 unspecified atom stereocenters. The SMILES string of the molecule is CCNC(=NCCCN(C)C)NCCOC.I. The van der Waals surface area contributed by atoms with Crippen molar-refractivity contribution in [3.05, 3.63) is 0 Å². The predicted octanol–water partition coefficient (Wildman–Crippen LogP) is 0.758. The Morgan fingerprint density at radius 3 is 2.53 bits per heavy atom. The summed E-state index contributed by atoms with van der Waals surface area (Å²) in [7, 11) is 5.85. The molecule has 0 radical (unpaired) electrons. The lowest BCUT2D eigenvalue weighted by atomic mass is 10.4. The topological polar surface area (TPSA) is 48.9 Å². The van der Waals surface area contributed by atoms with Gasteiger partial charge >= 0.3 is 0 Å². The Morgan fingerprint density at radius 2 is 2.00 bits per heavy atom. The minimum Gasteiger partial charge on any atom is -0.383 e. The van der Waals surface area contributed by atoms with Crippen molar-refractivity contribution in [1.82, 2.24) is 15.5 Å². The minimum atomic E-state index is 0. The molecule has 0 aliphatic carbocycles. The van der Waals surface area contributed by atoms with Crippen molar-refractivity contribution in [3.63, 3.8) is 0 Å². The van der Waals surface area contributed by atoms with Gasteiger partial charge in [-0.25, -0.2) is 0 Å². The second kappa shape index (κ2) is 14.0. The molecule has 0 bridgehead atoms. The average molecular weight is 358 g/mol. The van der Waals surface area contributed by atoms with E-state index in [1.807, 2.05) is 0 Å². The Morgan fingerprint density at radius 1 is 1.29 bits per heavy atom. The molecular formula is C11H27IN4O. The van der Waals surface area contributed by atoms with E-state index >= 15 is 0 Å². The van der Waals surface area contributed by atoms with Gasteiger partial charge in [-0.2, -0.15) is 0 Å². The smallest absolute Gasteiger partial charge is 0.191 e. The number of hydrogen-bond acceptors (Lipinski definition) is 3. The van der Waals surface area contributed by atoms with Crippen LogP contribution in [0.4, 0.5) is 0 Å². The number of guanidine groups is 1. The molecule has 0 aromatic carbocycles. The first-order valence-corrected chi connectivity index (χ1v) is 5.86. The number of hydrogen-bond donors (Lipinski definition) is 2. The summed E-state index contributed by atoms with van der Waals surface area (Å²) in [4.78, 5) is 6.64. The zero-order chi connectivity index (χ0) is 12.2. The third-order valence-electron chi connectivity index (χ3n) is 1.98. The van der Waals surface area contributed by atoms with Crippen LogP contribution in [0.2, 0.25) is 0 Å². The van der Waals surface area contributed by atoms with Crippen LogP contribution < -0.4 is 10.6 Å². The third-order valence-corrected chi connectivity index (χ3v) is 1.98. The van der Waals surface area contributed by atoms with E-state index in [2.05, 4.69) is 41.5 Å². The molecule has 17 heavy (non-hydrogen) atoms. The van der Waals surface area contributed by atoms with Crippen LogP contribution in [-0.4, -0.2) is 64.9 Å². The maximum atomic E-state index is 4.98. The van der Waals surface area contributed by atoms with Crippen molar-refractivity contribution >= 4 is 29.9 Å². The van der Waals surface area contributed by atoms with E-state index in [4.69, 9.17) is 4.74 Å². The normalized spacial score (nSPS) is 11.2. The molecule has 0 spiro atoms. The van der Waals surface area contributed by atoms with Crippen LogP contribution in [-0.2, 0) is 4.74 Å². The summed E-state index contributed by atoms with van der Waals surface area (Å²) in [6.45, 7) is 6.35. The van der Waals surface area contributed by atoms with Crippen LogP contribution in [0.25, 0.3) is 0 Å². The highest BCUT2D eigenvalue weighted by atomic mass is 127. The van der Waals surface area contributed by atoms with Gasteiger partial charge in [0.2, 0.25) is 0 Å². The molecule has 0 aromatic heterocycles. The van der Waals surface area contributed by atoms with Crippen molar-refractivity contribution in [2.24, 2.45) is 4.99 Å². The zero-order valence-corrected chi connectivity index (χ0v) is 13.8. The van der Waals surface area contributed by atoms with Crippen molar-refractivity contribution in [3.8, 4) is 0 Å². The molecule has 0 atom stereocenters. The highest BCUT2D eigenvalue weighted by Gasteiger charge is 1.95. The Hall–Kier alpha value is -0.0800. The molecule has 104 valence electrons. The third kappa shape index (κ3) is 13.9. The number of aliphatic imine (C=N–C) groups is 1. The summed E-state index contributed by atoms with van der Waals surface area (Å²) >= 11 is 0. The lowest BCUT2D eigenvalue weighted by molar-refractivity contribution is 0.203. The summed E-state index contributed by atoms with van der Waals surface area (Å²) in [6.07, 6.45) is 1.08. The van der Waals surface area contributed by atoms with Gasteiger partial charge in [0.05, 0.1) is 6.61 Å². The lowest BCUT2D eigenvalue weighted by Crippen LogP contribution is -2.39. The number of nitrogens with one attached hydrogen (secondary N) is 2. The van der Waals surface area contributed by atoms with E-state index in [0.717, 1.165) is 38.6 Å². The van der Waals surface area contributed by atoms with Crippen molar-refractivity contribution < 1.29 is 4.74 Å². The van der Waals surface area contributed by atoms with E-state index in [1.54, 1.807) is 7.11 Å². The van der Waals surface area contributed by atoms with Crippen LogP contribution in [0.1, 0.15) is 13.3 Å². The molecule has 2 N–H and O–H groups in total.